The molecule has 9 nitrogen and oxygen atoms in total. The van der Waals surface area contributed by atoms with Crippen molar-refractivity contribution in [1.82, 2.24) is 24.7 Å². The minimum atomic E-state index is -0.697. The molecule has 1 N–H and O–H groups in total. The smallest absolute Gasteiger partial charge is 0.358 e. The normalized spacial score (nSPS) is 10.6. The number of anilines is 1. The molecule has 0 aliphatic carbocycles. The molecule has 31 heavy (non-hydrogen) atoms. The fourth-order valence-electron chi connectivity index (χ4n) is 2.73. The second-order valence-corrected chi connectivity index (χ2v) is 7.51. The van der Waals surface area contributed by atoms with Crippen LogP contribution in [-0.2, 0) is 9.53 Å². The number of amides is 1. The predicted octanol–water partition coefficient (Wildman–Crippen LogP) is 3.20. The van der Waals surface area contributed by atoms with Crippen LogP contribution in [0, 0.1) is 13.8 Å². The monoisotopic (exact) mass is 434 g/mol. The predicted molar refractivity (Wildman–Crippen MR) is 115 cm³/mol. The zero-order valence-electron chi connectivity index (χ0n) is 16.8. The van der Waals surface area contributed by atoms with Gasteiger partial charge < -0.3 is 10.1 Å². The van der Waals surface area contributed by atoms with E-state index in [0.29, 0.717) is 16.6 Å². The maximum absolute atomic E-state index is 12.4. The second kappa shape index (κ2) is 8.84. The SMILES string of the molecule is Cc1ccc(-n2nc(C)cc2NC(=O)COC(=O)c2csc(-c3ncccn3)n2)cc1. The van der Waals surface area contributed by atoms with Gasteiger partial charge in [-0.2, -0.15) is 5.10 Å². The lowest BCUT2D eigenvalue weighted by Gasteiger charge is -2.09. The molecule has 0 fully saturated rings. The van der Waals surface area contributed by atoms with Crippen molar-refractivity contribution in [2.24, 2.45) is 0 Å². The number of esters is 1. The Balaban J connectivity index is 1.38. The van der Waals surface area contributed by atoms with Crippen molar-refractivity contribution >= 4 is 29.0 Å². The van der Waals surface area contributed by atoms with E-state index in [1.54, 1.807) is 34.6 Å². The Morgan fingerprint density at radius 3 is 2.61 bits per heavy atom. The van der Waals surface area contributed by atoms with Gasteiger partial charge in [-0.3, -0.25) is 4.79 Å². The summed E-state index contributed by atoms with van der Waals surface area (Å²) < 4.78 is 6.73. The molecule has 0 saturated heterocycles. The van der Waals surface area contributed by atoms with E-state index in [1.807, 2.05) is 38.1 Å². The first kappa shape index (κ1) is 20.4. The Bertz CT molecular complexity index is 1220. The van der Waals surface area contributed by atoms with E-state index in [4.69, 9.17) is 4.74 Å². The number of rotatable bonds is 6. The Morgan fingerprint density at radius 2 is 1.87 bits per heavy atom. The van der Waals surface area contributed by atoms with Crippen LogP contribution < -0.4 is 5.32 Å². The summed E-state index contributed by atoms with van der Waals surface area (Å²) in [5.74, 6) is -0.274. The van der Waals surface area contributed by atoms with Crippen LogP contribution in [-0.4, -0.2) is 43.2 Å². The third-order valence-electron chi connectivity index (χ3n) is 4.18. The maximum atomic E-state index is 12.4. The highest BCUT2D eigenvalue weighted by Crippen LogP contribution is 2.20. The molecule has 156 valence electrons. The third-order valence-corrected chi connectivity index (χ3v) is 5.02. The lowest BCUT2D eigenvalue weighted by atomic mass is 10.2. The number of ether oxygens (including phenoxy) is 1. The van der Waals surface area contributed by atoms with Crippen LogP contribution in [0.3, 0.4) is 0 Å². The number of aryl methyl sites for hydroxylation is 2. The van der Waals surface area contributed by atoms with Gasteiger partial charge in [0.1, 0.15) is 5.82 Å². The molecule has 4 aromatic rings. The van der Waals surface area contributed by atoms with E-state index in [0.717, 1.165) is 16.9 Å². The number of nitrogens with zero attached hydrogens (tertiary/aromatic N) is 5. The van der Waals surface area contributed by atoms with Crippen LogP contribution in [0.4, 0.5) is 5.82 Å². The summed E-state index contributed by atoms with van der Waals surface area (Å²) in [6.45, 7) is 3.37. The zero-order valence-corrected chi connectivity index (χ0v) is 17.6. The second-order valence-electron chi connectivity index (χ2n) is 6.65. The average molecular weight is 434 g/mol. The van der Waals surface area contributed by atoms with E-state index in [-0.39, 0.29) is 5.69 Å². The van der Waals surface area contributed by atoms with Crippen LogP contribution >= 0.6 is 11.3 Å². The first-order chi connectivity index (χ1) is 15.0. The summed E-state index contributed by atoms with van der Waals surface area (Å²) in [5, 5.41) is 9.18. The molecule has 3 aromatic heterocycles. The Labute approximate surface area is 181 Å². The molecular formula is C21H18N6O3S. The van der Waals surface area contributed by atoms with Crippen molar-refractivity contribution in [3.05, 3.63) is 71.1 Å². The first-order valence-corrected chi connectivity index (χ1v) is 10.2. The number of carbonyl (C=O) groups excluding carboxylic acids is 2. The summed E-state index contributed by atoms with van der Waals surface area (Å²) in [6, 6.07) is 11.2. The minimum absolute atomic E-state index is 0.0980. The molecule has 0 unspecified atom stereocenters. The van der Waals surface area contributed by atoms with Gasteiger partial charge in [-0.05, 0) is 32.0 Å². The van der Waals surface area contributed by atoms with Crippen molar-refractivity contribution in [2.75, 3.05) is 11.9 Å². The highest BCUT2D eigenvalue weighted by Gasteiger charge is 2.17. The Kier molecular flexibility index (Phi) is 5.80. The highest BCUT2D eigenvalue weighted by molar-refractivity contribution is 7.13. The zero-order chi connectivity index (χ0) is 21.8. The molecule has 0 saturated carbocycles. The molecule has 0 aliphatic rings. The number of benzene rings is 1. The van der Waals surface area contributed by atoms with Gasteiger partial charge in [-0.25, -0.2) is 24.4 Å². The Hall–Kier alpha value is -3.92. The number of carbonyl (C=O) groups is 2. The summed E-state index contributed by atoms with van der Waals surface area (Å²) in [4.78, 5) is 37.0. The van der Waals surface area contributed by atoms with Crippen LogP contribution in [0.25, 0.3) is 16.5 Å². The summed E-state index contributed by atoms with van der Waals surface area (Å²) in [5.41, 5.74) is 2.77. The first-order valence-electron chi connectivity index (χ1n) is 9.33. The van der Waals surface area contributed by atoms with Crippen molar-refractivity contribution < 1.29 is 14.3 Å². The molecular weight excluding hydrogens is 416 g/mol. The molecule has 10 heteroatoms. The van der Waals surface area contributed by atoms with Gasteiger partial charge in [0.2, 0.25) is 0 Å². The fourth-order valence-corrected chi connectivity index (χ4v) is 3.47. The van der Waals surface area contributed by atoms with Crippen molar-refractivity contribution in [3.63, 3.8) is 0 Å². The molecule has 1 amide bonds. The van der Waals surface area contributed by atoms with Gasteiger partial charge in [0.05, 0.1) is 11.4 Å². The minimum Gasteiger partial charge on any atom is -0.451 e. The molecule has 3 heterocycles. The standard InChI is InChI=1S/C21H18N6O3S/c1-13-4-6-15(7-5-13)27-17(10-14(2)26-27)25-18(28)11-30-21(29)16-12-31-20(24-16)19-22-8-3-9-23-19/h3-10,12H,11H2,1-2H3,(H,25,28). The highest BCUT2D eigenvalue weighted by atomic mass is 32.1. The molecule has 0 aliphatic heterocycles. The van der Waals surface area contributed by atoms with Gasteiger partial charge in [0.25, 0.3) is 5.91 Å². The lowest BCUT2D eigenvalue weighted by Crippen LogP contribution is -2.22. The van der Waals surface area contributed by atoms with Gasteiger partial charge in [0.15, 0.2) is 23.1 Å². The number of nitrogens with one attached hydrogen (secondary N) is 1. The molecule has 0 spiro atoms. The van der Waals surface area contributed by atoms with Crippen LogP contribution in [0.1, 0.15) is 21.7 Å². The van der Waals surface area contributed by atoms with Gasteiger partial charge in [-0.15, -0.1) is 11.3 Å². The molecule has 4 rings (SSSR count). The van der Waals surface area contributed by atoms with Gasteiger partial charge in [0, 0.05) is 23.8 Å². The summed E-state index contributed by atoms with van der Waals surface area (Å²) in [6.07, 6.45) is 3.18. The molecule has 1 aromatic carbocycles. The maximum Gasteiger partial charge on any atom is 0.358 e. The van der Waals surface area contributed by atoms with E-state index in [1.165, 1.54) is 11.3 Å². The largest absolute Gasteiger partial charge is 0.451 e. The van der Waals surface area contributed by atoms with Gasteiger partial charge in [-0.1, -0.05) is 17.7 Å². The third kappa shape index (κ3) is 4.81. The number of aromatic nitrogens is 5. The number of hydrogen-bond acceptors (Lipinski definition) is 8. The van der Waals surface area contributed by atoms with E-state index in [2.05, 4.69) is 25.4 Å². The number of hydrogen-bond donors (Lipinski definition) is 1. The molecule has 0 radical (unpaired) electrons. The Morgan fingerprint density at radius 1 is 1.13 bits per heavy atom. The van der Waals surface area contributed by atoms with Crippen molar-refractivity contribution in [3.8, 4) is 16.5 Å². The summed E-state index contributed by atoms with van der Waals surface area (Å²) >= 11 is 1.22. The number of thiazole rings is 1. The quantitative estimate of drug-likeness (QED) is 0.464. The van der Waals surface area contributed by atoms with Crippen LogP contribution in [0.2, 0.25) is 0 Å². The lowest BCUT2D eigenvalue weighted by molar-refractivity contribution is -0.119. The van der Waals surface area contributed by atoms with Crippen LogP contribution in [0.15, 0.2) is 54.2 Å². The molecule has 0 bridgehead atoms. The topological polar surface area (TPSA) is 112 Å². The van der Waals surface area contributed by atoms with Crippen molar-refractivity contribution in [2.45, 2.75) is 13.8 Å². The van der Waals surface area contributed by atoms with E-state index >= 15 is 0 Å². The van der Waals surface area contributed by atoms with E-state index in [9.17, 15) is 9.59 Å². The molecule has 0 atom stereocenters. The van der Waals surface area contributed by atoms with E-state index < -0.39 is 18.5 Å². The van der Waals surface area contributed by atoms with Gasteiger partial charge >= 0.3 is 5.97 Å². The summed E-state index contributed by atoms with van der Waals surface area (Å²) in [7, 11) is 0. The average Bonchev–Trinajstić information content (AvgIpc) is 3.40. The fraction of sp³-hybridized carbons (Fsp3) is 0.143. The van der Waals surface area contributed by atoms with Crippen LogP contribution in [0.5, 0.6) is 0 Å². The van der Waals surface area contributed by atoms with Crippen molar-refractivity contribution in [1.29, 1.82) is 0 Å².